The average molecular weight is 573 g/mol. The number of aromatic nitrogens is 4. The number of nitrogens with zero attached hydrogens (tertiary/aromatic N) is 4. The van der Waals surface area contributed by atoms with Gasteiger partial charge < -0.3 is 15.5 Å². The number of rotatable bonds is 6. The number of nitrogens with one attached hydrogen (secondary N) is 1. The topological polar surface area (TPSA) is 129 Å². The largest absolute Gasteiger partial charge is 0.464 e. The predicted molar refractivity (Wildman–Crippen MR) is 152 cm³/mol. The second-order valence-corrected chi connectivity index (χ2v) is 10.4. The van der Waals surface area contributed by atoms with Gasteiger partial charge in [-0.2, -0.15) is 5.10 Å². The van der Waals surface area contributed by atoms with Gasteiger partial charge in [0.05, 0.1) is 34.4 Å². The van der Waals surface area contributed by atoms with Gasteiger partial charge in [-0.25, -0.2) is 18.7 Å². The van der Waals surface area contributed by atoms with Gasteiger partial charge in [0, 0.05) is 34.6 Å². The van der Waals surface area contributed by atoms with Crippen molar-refractivity contribution in [1.29, 1.82) is 0 Å². The Hall–Kier alpha value is -4.97. The lowest BCUT2D eigenvalue weighted by molar-refractivity contribution is 0.100. The van der Waals surface area contributed by atoms with Crippen molar-refractivity contribution in [2.24, 2.45) is 12.8 Å². The van der Waals surface area contributed by atoms with Gasteiger partial charge in [-0.15, -0.1) is 11.3 Å². The van der Waals surface area contributed by atoms with E-state index in [-0.39, 0.29) is 32.1 Å². The van der Waals surface area contributed by atoms with E-state index in [0.717, 1.165) is 28.3 Å². The molecule has 6 rings (SSSR count). The molecule has 0 unspecified atom stereocenters. The number of pyridine rings is 2. The number of primary amides is 1. The van der Waals surface area contributed by atoms with Crippen molar-refractivity contribution in [3.8, 4) is 22.6 Å². The first-order valence-corrected chi connectivity index (χ1v) is 13.3. The Morgan fingerprint density at radius 2 is 1.88 bits per heavy atom. The van der Waals surface area contributed by atoms with Crippen molar-refractivity contribution in [1.82, 2.24) is 19.7 Å². The lowest BCUT2D eigenvalue weighted by atomic mass is 10.0. The number of benzene rings is 1. The van der Waals surface area contributed by atoms with Crippen LogP contribution in [0.15, 0.2) is 59.2 Å². The number of halogens is 2. The molecule has 5 aromatic heterocycles. The molecule has 0 saturated heterocycles. The summed E-state index contributed by atoms with van der Waals surface area (Å²) >= 11 is 0.824. The number of carbonyl (C=O) groups excluding carboxylic acids is 2. The van der Waals surface area contributed by atoms with E-state index in [4.69, 9.17) is 15.1 Å². The van der Waals surface area contributed by atoms with Crippen molar-refractivity contribution < 1.29 is 22.8 Å². The highest BCUT2D eigenvalue weighted by molar-refractivity contribution is 7.21. The molecule has 1 aromatic carbocycles. The molecule has 0 aliphatic rings. The standard InChI is InChI=1S/C29H22F2N6O3S/c1-13-22(14(2)37(3)36-13)19-11-16(15-7-4-5-8-18(15)33-19)28(39)35-24-23-17(21-9-6-10-40-21)12-20(26(30)31)34-29(23)41-25(24)27(32)38/h4-12,26H,1-3H3,(H2,32,38)(H,35,39). The van der Waals surface area contributed by atoms with Crippen LogP contribution in [0.4, 0.5) is 14.5 Å². The van der Waals surface area contributed by atoms with Crippen molar-refractivity contribution in [3.63, 3.8) is 0 Å². The Balaban J connectivity index is 1.56. The zero-order valence-electron chi connectivity index (χ0n) is 22.0. The Morgan fingerprint density at radius 1 is 1.10 bits per heavy atom. The molecule has 6 aromatic rings. The Kier molecular flexibility index (Phi) is 6.34. The molecule has 5 heterocycles. The third kappa shape index (κ3) is 4.42. The maximum atomic E-state index is 14.0. The molecule has 0 aliphatic heterocycles. The Labute approximate surface area is 235 Å². The summed E-state index contributed by atoms with van der Waals surface area (Å²) in [6.07, 6.45) is -1.47. The quantitative estimate of drug-likeness (QED) is 0.237. The lowest BCUT2D eigenvalue weighted by Crippen LogP contribution is -2.17. The second kappa shape index (κ2) is 9.89. The van der Waals surface area contributed by atoms with Crippen LogP contribution in [0.1, 0.15) is 43.5 Å². The van der Waals surface area contributed by atoms with Crippen molar-refractivity contribution >= 4 is 50.0 Å². The van der Waals surface area contributed by atoms with Crippen LogP contribution in [0.3, 0.4) is 0 Å². The van der Waals surface area contributed by atoms with Crippen LogP contribution >= 0.6 is 11.3 Å². The summed E-state index contributed by atoms with van der Waals surface area (Å²) in [5.74, 6) is -1.12. The summed E-state index contributed by atoms with van der Waals surface area (Å²) in [7, 11) is 1.83. The number of para-hydroxylation sites is 1. The highest BCUT2D eigenvalue weighted by atomic mass is 32.1. The number of fused-ring (bicyclic) bond motifs is 2. The molecule has 0 aliphatic carbocycles. The summed E-state index contributed by atoms with van der Waals surface area (Å²) < 4.78 is 34.7. The molecule has 0 fully saturated rings. The van der Waals surface area contributed by atoms with Crippen LogP contribution in [0.25, 0.3) is 43.7 Å². The lowest BCUT2D eigenvalue weighted by Gasteiger charge is -2.12. The molecule has 41 heavy (non-hydrogen) atoms. The molecule has 12 heteroatoms. The third-order valence-corrected chi connectivity index (χ3v) is 7.98. The minimum absolute atomic E-state index is 0.0300. The minimum atomic E-state index is -2.87. The van der Waals surface area contributed by atoms with Crippen molar-refractivity contribution in [2.75, 3.05) is 5.32 Å². The van der Waals surface area contributed by atoms with E-state index in [1.165, 1.54) is 12.3 Å². The van der Waals surface area contributed by atoms with E-state index >= 15 is 0 Å². The number of alkyl halides is 2. The molecular formula is C29H22F2N6O3S. The van der Waals surface area contributed by atoms with E-state index in [2.05, 4.69) is 15.4 Å². The van der Waals surface area contributed by atoms with Gasteiger partial charge in [0.1, 0.15) is 21.2 Å². The van der Waals surface area contributed by atoms with E-state index in [9.17, 15) is 18.4 Å². The summed E-state index contributed by atoms with van der Waals surface area (Å²) in [6, 6.07) is 13.3. The molecule has 0 bridgehead atoms. The fraction of sp³-hybridized carbons (Fsp3) is 0.138. The van der Waals surface area contributed by atoms with Gasteiger partial charge >= 0.3 is 0 Å². The number of carbonyl (C=O) groups is 2. The molecule has 0 spiro atoms. The maximum absolute atomic E-state index is 14.0. The first-order chi connectivity index (χ1) is 19.6. The summed E-state index contributed by atoms with van der Waals surface area (Å²) in [5, 5.41) is 8.17. The van der Waals surface area contributed by atoms with Crippen LogP contribution in [-0.2, 0) is 7.05 Å². The molecule has 0 atom stereocenters. The van der Waals surface area contributed by atoms with Gasteiger partial charge in [-0.1, -0.05) is 18.2 Å². The molecular weight excluding hydrogens is 550 g/mol. The zero-order valence-corrected chi connectivity index (χ0v) is 22.8. The Bertz CT molecular complexity index is 2000. The van der Waals surface area contributed by atoms with Gasteiger partial charge in [-0.05, 0) is 44.2 Å². The van der Waals surface area contributed by atoms with E-state index < -0.39 is 23.9 Å². The minimum Gasteiger partial charge on any atom is -0.464 e. The van der Waals surface area contributed by atoms with Crippen molar-refractivity contribution in [2.45, 2.75) is 20.3 Å². The Morgan fingerprint density at radius 3 is 2.54 bits per heavy atom. The molecule has 0 radical (unpaired) electrons. The molecule has 206 valence electrons. The number of furan rings is 1. The monoisotopic (exact) mass is 572 g/mol. The molecule has 9 nitrogen and oxygen atoms in total. The van der Waals surface area contributed by atoms with Crippen LogP contribution in [0.5, 0.6) is 0 Å². The fourth-order valence-corrected chi connectivity index (χ4v) is 5.98. The summed E-state index contributed by atoms with van der Waals surface area (Å²) in [6.45, 7) is 3.78. The fourth-order valence-electron chi connectivity index (χ4n) is 4.96. The van der Waals surface area contributed by atoms with Gasteiger partial charge in [0.2, 0.25) is 0 Å². The zero-order chi connectivity index (χ0) is 29.0. The first-order valence-electron chi connectivity index (χ1n) is 12.4. The van der Waals surface area contributed by atoms with Gasteiger partial charge in [0.25, 0.3) is 18.2 Å². The van der Waals surface area contributed by atoms with E-state index in [1.807, 2.05) is 27.0 Å². The number of anilines is 1. The number of aryl methyl sites for hydroxylation is 2. The van der Waals surface area contributed by atoms with E-state index in [0.29, 0.717) is 22.2 Å². The van der Waals surface area contributed by atoms with E-state index in [1.54, 1.807) is 41.1 Å². The average Bonchev–Trinajstić information content (AvgIpc) is 3.66. The highest BCUT2D eigenvalue weighted by Gasteiger charge is 2.27. The number of hydrogen-bond donors (Lipinski definition) is 2. The van der Waals surface area contributed by atoms with Crippen molar-refractivity contribution in [3.05, 3.63) is 82.3 Å². The number of thiophene rings is 1. The second-order valence-electron chi connectivity index (χ2n) is 9.42. The van der Waals surface area contributed by atoms with Crippen LogP contribution in [0.2, 0.25) is 0 Å². The van der Waals surface area contributed by atoms with Crippen LogP contribution in [-0.4, -0.2) is 31.6 Å². The number of hydrogen-bond acceptors (Lipinski definition) is 7. The van der Waals surface area contributed by atoms with Crippen LogP contribution in [0, 0.1) is 13.8 Å². The normalized spacial score (nSPS) is 11.6. The van der Waals surface area contributed by atoms with Crippen LogP contribution < -0.4 is 11.1 Å². The number of amides is 2. The smallest absolute Gasteiger partial charge is 0.280 e. The summed E-state index contributed by atoms with van der Waals surface area (Å²) in [4.78, 5) is 35.5. The molecule has 0 saturated carbocycles. The summed E-state index contributed by atoms with van der Waals surface area (Å²) in [5.41, 5.74) is 9.37. The first kappa shape index (κ1) is 26.3. The molecule has 3 N–H and O–H groups in total. The van der Waals surface area contributed by atoms with Gasteiger partial charge in [0.15, 0.2) is 0 Å². The molecule has 2 amide bonds. The van der Waals surface area contributed by atoms with Gasteiger partial charge in [-0.3, -0.25) is 14.3 Å². The maximum Gasteiger partial charge on any atom is 0.280 e. The SMILES string of the molecule is Cc1nn(C)c(C)c1-c1cc(C(=O)Nc2c(C(N)=O)sc3nc(C(F)F)cc(-c4ccco4)c23)c2ccccc2n1. The third-order valence-electron chi connectivity index (χ3n) is 6.88. The number of nitrogens with two attached hydrogens (primary N) is 1. The highest BCUT2D eigenvalue weighted by Crippen LogP contribution is 2.43. The predicted octanol–water partition coefficient (Wildman–Crippen LogP) is 6.41.